The van der Waals surface area contributed by atoms with Crippen molar-refractivity contribution < 1.29 is 23.8 Å². The lowest BCUT2D eigenvalue weighted by atomic mass is 10.2. The zero-order valence-corrected chi connectivity index (χ0v) is 13.0. The van der Waals surface area contributed by atoms with E-state index in [2.05, 4.69) is 10.6 Å². The Morgan fingerprint density at radius 3 is 2.70 bits per heavy atom. The molecule has 1 aliphatic rings. The first-order valence-corrected chi connectivity index (χ1v) is 7.44. The summed E-state index contributed by atoms with van der Waals surface area (Å²) >= 11 is 5.83. The highest BCUT2D eigenvalue weighted by molar-refractivity contribution is 6.31. The predicted octanol–water partition coefficient (Wildman–Crippen LogP) is 1.91. The van der Waals surface area contributed by atoms with Crippen molar-refractivity contribution in [3.63, 3.8) is 0 Å². The minimum atomic E-state index is -1.02. The molecular weight excluding hydrogens is 329 g/mol. The topological polar surface area (TPSA) is 90.9 Å². The number of hydrogen-bond acceptors (Lipinski definition) is 4. The molecule has 0 unspecified atom stereocenters. The van der Waals surface area contributed by atoms with Gasteiger partial charge in [-0.05, 0) is 12.1 Å². The molecule has 23 heavy (non-hydrogen) atoms. The molecule has 0 aromatic heterocycles. The molecule has 0 atom stereocenters. The highest BCUT2D eigenvalue weighted by Crippen LogP contribution is 2.34. The van der Waals surface area contributed by atoms with Gasteiger partial charge in [0.15, 0.2) is 5.82 Å². The molecule has 3 N–H and O–H groups in total. The average molecular weight is 346 g/mol. The number of urea groups is 1. The van der Waals surface area contributed by atoms with Gasteiger partial charge in [-0.15, -0.1) is 0 Å². The number of amides is 2. The summed E-state index contributed by atoms with van der Waals surface area (Å²) in [5, 5.41) is 13.4. The fourth-order valence-corrected chi connectivity index (χ4v) is 2.34. The summed E-state index contributed by atoms with van der Waals surface area (Å²) < 4.78 is 19.6. The SMILES string of the molecule is O=C(O)CCNC(=O)Nc1ccc(Cl)c(F)c1N1CCOCC1. The van der Waals surface area contributed by atoms with Crippen LogP contribution in [0.5, 0.6) is 0 Å². The first kappa shape index (κ1) is 17.3. The molecule has 2 rings (SSSR count). The summed E-state index contributed by atoms with van der Waals surface area (Å²) in [4.78, 5) is 24.0. The van der Waals surface area contributed by atoms with Crippen LogP contribution in [0.1, 0.15) is 6.42 Å². The molecule has 1 heterocycles. The molecule has 0 aliphatic carbocycles. The number of carbonyl (C=O) groups excluding carboxylic acids is 1. The molecule has 1 fully saturated rings. The standard InChI is InChI=1S/C14H17ClFN3O4/c15-9-1-2-10(18-14(22)17-4-3-11(20)21)13(12(9)16)19-5-7-23-8-6-19/h1-2H,3-8H2,(H,20,21)(H2,17,18,22). The van der Waals surface area contributed by atoms with Gasteiger partial charge < -0.3 is 25.4 Å². The van der Waals surface area contributed by atoms with Crippen LogP contribution in [0.15, 0.2) is 12.1 Å². The van der Waals surface area contributed by atoms with Crippen molar-refractivity contribution in [1.82, 2.24) is 5.32 Å². The number of rotatable bonds is 5. The Bertz CT molecular complexity index is 594. The second-order valence-corrected chi connectivity index (χ2v) is 5.29. The normalized spacial score (nSPS) is 14.4. The van der Waals surface area contributed by atoms with E-state index in [1.165, 1.54) is 12.1 Å². The average Bonchev–Trinajstić information content (AvgIpc) is 2.51. The summed E-state index contributed by atoms with van der Waals surface area (Å²) in [7, 11) is 0. The van der Waals surface area contributed by atoms with E-state index in [4.69, 9.17) is 21.4 Å². The van der Waals surface area contributed by atoms with Gasteiger partial charge in [-0.3, -0.25) is 4.79 Å². The van der Waals surface area contributed by atoms with Gasteiger partial charge >= 0.3 is 12.0 Å². The molecule has 9 heteroatoms. The summed E-state index contributed by atoms with van der Waals surface area (Å²) in [6, 6.07) is 2.25. The lowest BCUT2D eigenvalue weighted by Gasteiger charge is -2.31. The van der Waals surface area contributed by atoms with Gasteiger partial charge in [0, 0.05) is 19.6 Å². The van der Waals surface area contributed by atoms with E-state index < -0.39 is 17.8 Å². The van der Waals surface area contributed by atoms with E-state index in [9.17, 15) is 14.0 Å². The van der Waals surface area contributed by atoms with Gasteiger partial charge in [-0.1, -0.05) is 11.6 Å². The van der Waals surface area contributed by atoms with E-state index in [0.29, 0.717) is 26.3 Å². The molecule has 126 valence electrons. The third-order valence-electron chi connectivity index (χ3n) is 3.27. The smallest absolute Gasteiger partial charge is 0.319 e. The zero-order chi connectivity index (χ0) is 16.8. The molecule has 1 aromatic carbocycles. The number of nitrogens with zero attached hydrogens (tertiary/aromatic N) is 1. The number of nitrogens with one attached hydrogen (secondary N) is 2. The number of morpholine rings is 1. The molecule has 2 amide bonds. The first-order chi connectivity index (χ1) is 11.0. The number of hydrogen-bond donors (Lipinski definition) is 3. The predicted molar refractivity (Wildman–Crippen MR) is 83.7 cm³/mol. The van der Waals surface area contributed by atoms with Gasteiger partial charge in [0.25, 0.3) is 0 Å². The number of ether oxygens (including phenoxy) is 1. The van der Waals surface area contributed by atoms with Crippen molar-refractivity contribution in [1.29, 1.82) is 0 Å². The maximum atomic E-state index is 14.4. The third-order valence-corrected chi connectivity index (χ3v) is 3.56. The Morgan fingerprint density at radius 1 is 1.35 bits per heavy atom. The number of carboxylic acid groups (broad SMARTS) is 1. The fourth-order valence-electron chi connectivity index (χ4n) is 2.19. The second kappa shape index (κ2) is 7.98. The van der Waals surface area contributed by atoms with Crippen molar-refractivity contribution in [2.75, 3.05) is 43.1 Å². The van der Waals surface area contributed by atoms with E-state index >= 15 is 0 Å². The quantitative estimate of drug-likeness (QED) is 0.758. The van der Waals surface area contributed by atoms with Gasteiger partial charge in [-0.2, -0.15) is 0 Å². The summed E-state index contributed by atoms with van der Waals surface area (Å²) in [5.41, 5.74) is 0.468. The molecule has 1 saturated heterocycles. The summed E-state index contributed by atoms with van der Waals surface area (Å²) in [6.45, 7) is 1.84. The van der Waals surface area contributed by atoms with Crippen molar-refractivity contribution >= 4 is 35.0 Å². The highest BCUT2D eigenvalue weighted by Gasteiger charge is 2.22. The number of anilines is 2. The Balaban J connectivity index is 2.12. The maximum Gasteiger partial charge on any atom is 0.319 e. The zero-order valence-electron chi connectivity index (χ0n) is 12.3. The van der Waals surface area contributed by atoms with Crippen LogP contribution < -0.4 is 15.5 Å². The van der Waals surface area contributed by atoms with Gasteiger partial charge in [0.2, 0.25) is 0 Å². The monoisotopic (exact) mass is 345 g/mol. The number of carboxylic acids is 1. The Morgan fingerprint density at radius 2 is 2.04 bits per heavy atom. The number of halogens is 2. The van der Waals surface area contributed by atoms with Gasteiger partial charge in [-0.25, -0.2) is 9.18 Å². The van der Waals surface area contributed by atoms with Crippen LogP contribution in [-0.2, 0) is 9.53 Å². The van der Waals surface area contributed by atoms with E-state index in [-0.39, 0.29) is 29.4 Å². The fraction of sp³-hybridized carbons (Fsp3) is 0.429. The van der Waals surface area contributed by atoms with Crippen LogP contribution >= 0.6 is 11.6 Å². The van der Waals surface area contributed by atoms with Crippen LogP contribution in [0.25, 0.3) is 0 Å². The number of carbonyl (C=O) groups is 2. The Kier molecular flexibility index (Phi) is 6.00. The lowest BCUT2D eigenvalue weighted by molar-refractivity contribution is -0.136. The largest absolute Gasteiger partial charge is 0.481 e. The molecule has 0 spiro atoms. The molecule has 1 aromatic rings. The van der Waals surface area contributed by atoms with Crippen LogP contribution in [0.4, 0.5) is 20.6 Å². The van der Waals surface area contributed by atoms with E-state index in [1.54, 1.807) is 4.90 Å². The second-order valence-electron chi connectivity index (χ2n) is 4.88. The highest BCUT2D eigenvalue weighted by atomic mass is 35.5. The lowest BCUT2D eigenvalue weighted by Crippen LogP contribution is -2.38. The molecule has 0 saturated carbocycles. The van der Waals surface area contributed by atoms with Gasteiger partial charge in [0.05, 0.1) is 36.0 Å². The minimum absolute atomic E-state index is 0.0237. The Labute approximate surface area is 137 Å². The van der Waals surface area contributed by atoms with Crippen molar-refractivity contribution in [2.45, 2.75) is 6.42 Å². The van der Waals surface area contributed by atoms with Crippen LogP contribution in [-0.4, -0.2) is 50.0 Å². The van der Waals surface area contributed by atoms with E-state index in [1.807, 2.05) is 0 Å². The molecule has 1 aliphatic heterocycles. The van der Waals surface area contributed by atoms with Crippen LogP contribution in [0, 0.1) is 5.82 Å². The van der Waals surface area contributed by atoms with Crippen LogP contribution in [0.2, 0.25) is 5.02 Å². The first-order valence-electron chi connectivity index (χ1n) is 7.06. The van der Waals surface area contributed by atoms with Gasteiger partial charge in [0.1, 0.15) is 0 Å². The number of benzene rings is 1. The molecular formula is C14H17ClFN3O4. The third kappa shape index (κ3) is 4.70. The van der Waals surface area contributed by atoms with Crippen molar-refractivity contribution in [3.05, 3.63) is 23.0 Å². The maximum absolute atomic E-state index is 14.4. The van der Waals surface area contributed by atoms with Crippen LogP contribution in [0.3, 0.4) is 0 Å². The molecule has 0 bridgehead atoms. The molecule has 7 nitrogen and oxygen atoms in total. The minimum Gasteiger partial charge on any atom is -0.481 e. The summed E-state index contributed by atoms with van der Waals surface area (Å²) in [6.07, 6.45) is -0.196. The van der Waals surface area contributed by atoms with Crippen molar-refractivity contribution in [2.24, 2.45) is 0 Å². The number of aliphatic carboxylic acids is 1. The van der Waals surface area contributed by atoms with Crippen molar-refractivity contribution in [3.8, 4) is 0 Å². The Hall–Kier alpha value is -2.06. The molecule has 0 radical (unpaired) electrons. The van der Waals surface area contributed by atoms with E-state index in [0.717, 1.165) is 0 Å². The summed E-state index contributed by atoms with van der Waals surface area (Å²) in [5.74, 6) is -1.63.